The van der Waals surface area contributed by atoms with Crippen LogP contribution in [-0.2, 0) is 11.2 Å². The fourth-order valence-corrected chi connectivity index (χ4v) is 2.17. The van der Waals surface area contributed by atoms with Crippen molar-refractivity contribution in [2.75, 3.05) is 0 Å². The first kappa shape index (κ1) is 12.1. The first-order valence-corrected chi connectivity index (χ1v) is 5.74. The molecule has 0 aliphatic carbocycles. The molecule has 0 saturated heterocycles. The van der Waals surface area contributed by atoms with Crippen LogP contribution in [-0.4, -0.2) is 11.4 Å². The summed E-state index contributed by atoms with van der Waals surface area (Å²) in [5.74, 6) is 0.533. The van der Waals surface area contributed by atoms with Crippen LogP contribution in [0.4, 0.5) is 0 Å². The van der Waals surface area contributed by atoms with Crippen molar-refractivity contribution in [2.45, 2.75) is 13.3 Å². The van der Waals surface area contributed by atoms with Gasteiger partial charge in [0.15, 0.2) is 0 Å². The van der Waals surface area contributed by atoms with E-state index in [1.807, 2.05) is 6.92 Å². The molecule has 0 radical (unpaired) electrons. The monoisotopic (exact) mass is 269 g/mol. The maximum absolute atomic E-state index is 10.5. The van der Waals surface area contributed by atoms with Gasteiger partial charge in [0.2, 0.25) is 0 Å². The summed E-state index contributed by atoms with van der Waals surface area (Å²) in [4.78, 5) is 10.5. The minimum Gasteiger partial charge on any atom is -0.360 e. The Balaban J connectivity index is 2.57. The van der Waals surface area contributed by atoms with E-state index < -0.39 is 0 Å². The molecule has 2 aromatic rings. The number of hydrogen-bond donors (Lipinski definition) is 0. The Bertz CT molecular complexity index is 543. The van der Waals surface area contributed by atoms with Gasteiger partial charge >= 0.3 is 0 Å². The van der Waals surface area contributed by atoms with Crippen LogP contribution in [0.3, 0.4) is 0 Å². The van der Waals surface area contributed by atoms with Gasteiger partial charge < -0.3 is 9.32 Å². The highest BCUT2D eigenvalue weighted by atomic mass is 35.5. The molecule has 0 saturated carbocycles. The molecule has 17 heavy (non-hydrogen) atoms. The summed E-state index contributed by atoms with van der Waals surface area (Å²) in [6.45, 7) is 1.82. The Labute approximate surface area is 108 Å². The van der Waals surface area contributed by atoms with E-state index >= 15 is 0 Å². The molecule has 0 N–H and O–H groups in total. The number of benzene rings is 1. The predicted octanol–water partition coefficient (Wildman–Crippen LogP) is 3.70. The third-order valence-corrected chi connectivity index (χ3v) is 3.12. The van der Waals surface area contributed by atoms with Crippen LogP contribution in [0.2, 0.25) is 10.0 Å². The van der Waals surface area contributed by atoms with E-state index in [0.717, 1.165) is 11.8 Å². The standard InChI is InChI=1S/C12H9Cl2NO2/c1-7-10(5-6-16)17-15-12(7)11-8(13)3-2-4-9(11)14/h2-4,6H,5H2,1H3. The zero-order chi connectivity index (χ0) is 12.4. The Hall–Kier alpha value is -1.32. The molecule has 1 aromatic carbocycles. The molecule has 0 amide bonds. The molecule has 5 heteroatoms. The normalized spacial score (nSPS) is 10.5. The molecule has 1 heterocycles. The molecule has 0 spiro atoms. The van der Waals surface area contributed by atoms with Crippen LogP contribution in [0.25, 0.3) is 11.3 Å². The van der Waals surface area contributed by atoms with Crippen molar-refractivity contribution in [3.05, 3.63) is 39.6 Å². The van der Waals surface area contributed by atoms with E-state index in [0.29, 0.717) is 27.1 Å². The molecule has 0 atom stereocenters. The fourth-order valence-electron chi connectivity index (χ4n) is 1.59. The SMILES string of the molecule is Cc1c(-c2c(Cl)cccc2Cl)noc1CC=O. The molecule has 0 bridgehead atoms. The molecule has 88 valence electrons. The first-order chi connectivity index (χ1) is 8.15. The van der Waals surface area contributed by atoms with Crippen LogP contribution in [0.5, 0.6) is 0 Å². The lowest BCUT2D eigenvalue weighted by Gasteiger charge is -2.03. The Morgan fingerprint density at radius 2 is 2.00 bits per heavy atom. The van der Waals surface area contributed by atoms with Gasteiger partial charge in [-0.25, -0.2) is 0 Å². The minimum atomic E-state index is 0.195. The van der Waals surface area contributed by atoms with Crippen LogP contribution in [0, 0.1) is 6.92 Å². The van der Waals surface area contributed by atoms with Gasteiger partial charge in [-0.3, -0.25) is 0 Å². The predicted molar refractivity (Wildman–Crippen MR) is 66.5 cm³/mol. The van der Waals surface area contributed by atoms with Crippen molar-refractivity contribution in [3.8, 4) is 11.3 Å². The number of carbonyl (C=O) groups excluding carboxylic acids is 1. The Kier molecular flexibility index (Phi) is 3.50. The fraction of sp³-hybridized carbons (Fsp3) is 0.167. The number of aldehydes is 1. The van der Waals surface area contributed by atoms with E-state index in [9.17, 15) is 4.79 Å². The van der Waals surface area contributed by atoms with Gasteiger partial charge in [-0.1, -0.05) is 34.4 Å². The van der Waals surface area contributed by atoms with Crippen molar-refractivity contribution in [3.63, 3.8) is 0 Å². The molecular weight excluding hydrogens is 261 g/mol. The second-order valence-corrected chi connectivity index (χ2v) is 4.36. The number of halogens is 2. The van der Waals surface area contributed by atoms with Crippen LogP contribution in [0.15, 0.2) is 22.7 Å². The second kappa shape index (κ2) is 4.90. The van der Waals surface area contributed by atoms with E-state index in [-0.39, 0.29) is 6.42 Å². The smallest absolute Gasteiger partial charge is 0.147 e. The third-order valence-electron chi connectivity index (χ3n) is 2.49. The highest BCUT2D eigenvalue weighted by molar-refractivity contribution is 6.39. The quantitative estimate of drug-likeness (QED) is 0.798. The number of hydrogen-bond acceptors (Lipinski definition) is 3. The van der Waals surface area contributed by atoms with Crippen molar-refractivity contribution < 1.29 is 9.32 Å². The van der Waals surface area contributed by atoms with Gasteiger partial charge in [-0.15, -0.1) is 0 Å². The van der Waals surface area contributed by atoms with Gasteiger partial charge in [0.05, 0.1) is 16.5 Å². The van der Waals surface area contributed by atoms with E-state index in [2.05, 4.69) is 5.16 Å². The lowest BCUT2D eigenvalue weighted by atomic mass is 10.1. The molecule has 3 nitrogen and oxygen atoms in total. The van der Waals surface area contributed by atoms with Crippen molar-refractivity contribution >= 4 is 29.5 Å². The topological polar surface area (TPSA) is 43.1 Å². The Morgan fingerprint density at radius 3 is 2.59 bits per heavy atom. The molecule has 0 fully saturated rings. The molecule has 0 unspecified atom stereocenters. The second-order valence-electron chi connectivity index (χ2n) is 3.55. The lowest BCUT2D eigenvalue weighted by molar-refractivity contribution is -0.107. The maximum atomic E-state index is 10.5. The Morgan fingerprint density at radius 1 is 1.35 bits per heavy atom. The number of rotatable bonds is 3. The van der Waals surface area contributed by atoms with E-state index in [1.54, 1.807) is 18.2 Å². The van der Waals surface area contributed by atoms with Crippen molar-refractivity contribution in [2.24, 2.45) is 0 Å². The van der Waals surface area contributed by atoms with Crippen LogP contribution < -0.4 is 0 Å². The van der Waals surface area contributed by atoms with Crippen LogP contribution >= 0.6 is 23.2 Å². The van der Waals surface area contributed by atoms with Gasteiger partial charge in [0.25, 0.3) is 0 Å². The average molecular weight is 270 g/mol. The largest absolute Gasteiger partial charge is 0.360 e. The summed E-state index contributed by atoms with van der Waals surface area (Å²) in [6, 6.07) is 5.22. The summed E-state index contributed by atoms with van der Waals surface area (Å²) >= 11 is 12.2. The summed E-state index contributed by atoms with van der Waals surface area (Å²) in [7, 11) is 0. The molecule has 1 aromatic heterocycles. The number of carbonyl (C=O) groups is 1. The van der Waals surface area contributed by atoms with E-state index in [1.165, 1.54) is 0 Å². The maximum Gasteiger partial charge on any atom is 0.147 e. The summed E-state index contributed by atoms with van der Waals surface area (Å²) in [6.07, 6.45) is 0.965. The average Bonchev–Trinajstić information content (AvgIpc) is 2.62. The highest BCUT2D eigenvalue weighted by Gasteiger charge is 2.17. The minimum absolute atomic E-state index is 0.195. The van der Waals surface area contributed by atoms with Gasteiger partial charge in [0.1, 0.15) is 17.7 Å². The van der Waals surface area contributed by atoms with Crippen LogP contribution in [0.1, 0.15) is 11.3 Å². The zero-order valence-corrected chi connectivity index (χ0v) is 10.5. The summed E-state index contributed by atoms with van der Waals surface area (Å²) < 4.78 is 5.10. The molecule has 0 aliphatic heterocycles. The first-order valence-electron chi connectivity index (χ1n) is 4.98. The summed E-state index contributed by atoms with van der Waals surface area (Å²) in [5, 5.41) is 4.94. The van der Waals surface area contributed by atoms with Crippen molar-refractivity contribution in [1.29, 1.82) is 0 Å². The van der Waals surface area contributed by atoms with E-state index in [4.69, 9.17) is 27.7 Å². The van der Waals surface area contributed by atoms with Gasteiger partial charge in [-0.05, 0) is 19.1 Å². The molecular formula is C12H9Cl2NO2. The zero-order valence-electron chi connectivity index (χ0n) is 9.04. The number of aromatic nitrogens is 1. The molecule has 0 aliphatic rings. The summed E-state index contributed by atoms with van der Waals surface area (Å²) in [5.41, 5.74) is 2.00. The van der Waals surface area contributed by atoms with Crippen molar-refractivity contribution in [1.82, 2.24) is 5.16 Å². The lowest BCUT2D eigenvalue weighted by Crippen LogP contribution is -1.88. The number of nitrogens with zero attached hydrogens (tertiary/aromatic N) is 1. The van der Waals surface area contributed by atoms with Gasteiger partial charge in [0, 0.05) is 11.1 Å². The third kappa shape index (κ3) is 2.21. The van der Waals surface area contributed by atoms with Gasteiger partial charge in [-0.2, -0.15) is 0 Å². The molecule has 2 rings (SSSR count). The highest BCUT2D eigenvalue weighted by Crippen LogP contribution is 2.36.